The van der Waals surface area contributed by atoms with Gasteiger partial charge in [0.25, 0.3) is 0 Å². The van der Waals surface area contributed by atoms with Gasteiger partial charge in [0, 0.05) is 37.9 Å². The average molecular weight is 301 g/mol. The van der Waals surface area contributed by atoms with Crippen LogP contribution in [0.1, 0.15) is 41.4 Å². The maximum absolute atomic E-state index is 5.83. The van der Waals surface area contributed by atoms with E-state index in [-0.39, 0.29) is 0 Å². The molecule has 0 radical (unpaired) electrons. The maximum Gasteiger partial charge on any atom is 0.131 e. The van der Waals surface area contributed by atoms with Gasteiger partial charge in [0.1, 0.15) is 11.0 Å². The highest BCUT2D eigenvalue weighted by Crippen LogP contribution is 2.38. The minimum atomic E-state index is 0.546. The summed E-state index contributed by atoms with van der Waals surface area (Å²) in [5, 5.41) is 0.546. The topological polar surface area (TPSA) is 41.9 Å². The first-order chi connectivity index (χ1) is 10.3. The van der Waals surface area contributed by atoms with Crippen LogP contribution < -0.4 is 0 Å². The number of halogens is 1. The van der Waals surface area contributed by atoms with Crippen LogP contribution in [-0.4, -0.2) is 26.4 Å². The third-order valence-corrected chi connectivity index (χ3v) is 4.40. The molecular formula is C16H17ClN4. The van der Waals surface area contributed by atoms with Crippen LogP contribution in [0.25, 0.3) is 0 Å². The molecule has 0 bridgehead atoms. The first-order valence-electron chi connectivity index (χ1n) is 7.45. The fourth-order valence-electron chi connectivity index (χ4n) is 2.80. The molecule has 108 valence electrons. The molecule has 1 aliphatic heterocycles. The summed E-state index contributed by atoms with van der Waals surface area (Å²) in [6.45, 7) is 2.84. The molecule has 2 aliphatic rings. The smallest absolute Gasteiger partial charge is 0.131 e. The fraction of sp³-hybridized carbons (Fsp3) is 0.438. The number of aromatic nitrogens is 3. The standard InChI is InChI=1S/C16H17ClN4/c17-15-4-1-11(7-18-15)9-21-6-5-13-8-19-16(12-2-3-12)20-14(13)10-21/h1,4,7-8,12H,2-3,5-6,9-10H2. The lowest BCUT2D eigenvalue weighted by atomic mass is 10.1. The van der Waals surface area contributed by atoms with Gasteiger partial charge in [-0.2, -0.15) is 0 Å². The van der Waals surface area contributed by atoms with Crippen molar-refractivity contribution in [3.05, 3.63) is 52.3 Å². The summed E-state index contributed by atoms with van der Waals surface area (Å²) in [6.07, 6.45) is 7.42. The molecule has 0 unspecified atom stereocenters. The van der Waals surface area contributed by atoms with E-state index in [1.54, 1.807) is 0 Å². The molecule has 0 aromatic carbocycles. The van der Waals surface area contributed by atoms with Crippen molar-refractivity contribution in [3.63, 3.8) is 0 Å². The van der Waals surface area contributed by atoms with Gasteiger partial charge in [-0.05, 0) is 36.5 Å². The van der Waals surface area contributed by atoms with Crippen LogP contribution in [0.4, 0.5) is 0 Å². The molecule has 5 heteroatoms. The number of hydrogen-bond donors (Lipinski definition) is 0. The quantitative estimate of drug-likeness (QED) is 0.817. The lowest BCUT2D eigenvalue weighted by molar-refractivity contribution is 0.240. The predicted molar refractivity (Wildman–Crippen MR) is 81.1 cm³/mol. The Morgan fingerprint density at radius 3 is 2.86 bits per heavy atom. The molecule has 3 heterocycles. The van der Waals surface area contributed by atoms with Crippen LogP contribution >= 0.6 is 11.6 Å². The van der Waals surface area contributed by atoms with Gasteiger partial charge < -0.3 is 0 Å². The van der Waals surface area contributed by atoms with Crippen LogP contribution in [0.2, 0.25) is 5.15 Å². The zero-order valence-electron chi connectivity index (χ0n) is 11.8. The molecule has 1 fully saturated rings. The van der Waals surface area contributed by atoms with Crippen LogP contribution in [0.15, 0.2) is 24.5 Å². The van der Waals surface area contributed by atoms with Crippen molar-refractivity contribution in [1.29, 1.82) is 0 Å². The van der Waals surface area contributed by atoms with E-state index >= 15 is 0 Å². The normalized spacial score (nSPS) is 18.5. The average Bonchev–Trinajstić information content (AvgIpc) is 3.34. The highest BCUT2D eigenvalue weighted by atomic mass is 35.5. The minimum Gasteiger partial charge on any atom is -0.293 e. The number of nitrogens with zero attached hydrogens (tertiary/aromatic N) is 4. The summed E-state index contributed by atoms with van der Waals surface area (Å²) in [6, 6.07) is 3.89. The Morgan fingerprint density at radius 1 is 1.19 bits per heavy atom. The Bertz CT molecular complexity index is 652. The second-order valence-electron chi connectivity index (χ2n) is 5.92. The van der Waals surface area contributed by atoms with Crippen molar-refractivity contribution in [2.75, 3.05) is 6.54 Å². The minimum absolute atomic E-state index is 0.546. The van der Waals surface area contributed by atoms with Gasteiger partial charge in [0.05, 0.1) is 5.69 Å². The van der Waals surface area contributed by atoms with E-state index in [0.717, 1.165) is 31.9 Å². The Morgan fingerprint density at radius 2 is 2.10 bits per heavy atom. The van der Waals surface area contributed by atoms with Crippen molar-refractivity contribution in [2.24, 2.45) is 0 Å². The highest BCUT2D eigenvalue weighted by molar-refractivity contribution is 6.29. The van der Waals surface area contributed by atoms with Crippen molar-refractivity contribution in [2.45, 2.75) is 38.3 Å². The van der Waals surface area contributed by atoms with E-state index in [9.17, 15) is 0 Å². The molecule has 21 heavy (non-hydrogen) atoms. The molecule has 0 N–H and O–H groups in total. The number of hydrogen-bond acceptors (Lipinski definition) is 4. The van der Waals surface area contributed by atoms with Gasteiger partial charge in [0.15, 0.2) is 0 Å². The lowest BCUT2D eigenvalue weighted by Gasteiger charge is -2.27. The monoisotopic (exact) mass is 300 g/mol. The van der Waals surface area contributed by atoms with Gasteiger partial charge in [0.2, 0.25) is 0 Å². The Kier molecular flexibility index (Phi) is 3.36. The van der Waals surface area contributed by atoms with Crippen LogP contribution in [0.3, 0.4) is 0 Å². The van der Waals surface area contributed by atoms with E-state index in [4.69, 9.17) is 16.6 Å². The predicted octanol–water partition coefficient (Wildman–Crippen LogP) is 2.96. The largest absolute Gasteiger partial charge is 0.293 e. The first kappa shape index (κ1) is 13.2. The van der Waals surface area contributed by atoms with E-state index < -0.39 is 0 Å². The SMILES string of the molecule is Clc1ccc(CN2CCc3cnc(C4CC4)nc3C2)cn1. The van der Waals surface area contributed by atoms with Crippen LogP contribution in [0, 0.1) is 0 Å². The van der Waals surface area contributed by atoms with Crippen LogP contribution in [-0.2, 0) is 19.5 Å². The molecule has 0 saturated heterocycles. The van der Waals surface area contributed by atoms with E-state index in [1.807, 2.05) is 24.5 Å². The Hall–Kier alpha value is -1.52. The van der Waals surface area contributed by atoms with Gasteiger partial charge in [-0.3, -0.25) is 4.90 Å². The van der Waals surface area contributed by atoms with Crippen LogP contribution in [0.5, 0.6) is 0 Å². The fourth-order valence-corrected chi connectivity index (χ4v) is 2.92. The van der Waals surface area contributed by atoms with Gasteiger partial charge in [-0.15, -0.1) is 0 Å². The summed E-state index contributed by atoms with van der Waals surface area (Å²) in [5.41, 5.74) is 3.71. The molecule has 0 amide bonds. The van der Waals surface area contributed by atoms with E-state index in [0.29, 0.717) is 11.1 Å². The third kappa shape index (κ3) is 2.92. The summed E-state index contributed by atoms with van der Waals surface area (Å²) < 4.78 is 0. The number of pyridine rings is 1. The second kappa shape index (κ2) is 5.35. The zero-order valence-corrected chi connectivity index (χ0v) is 12.6. The highest BCUT2D eigenvalue weighted by Gasteiger charge is 2.28. The first-order valence-corrected chi connectivity index (χ1v) is 7.83. The molecule has 1 aliphatic carbocycles. The molecule has 2 aromatic rings. The second-order valence-corrected chi connectivity index (χ2v) is 6.31. The maximum atomic E-state index is 5.83. The lowest BCUT2D eigenvalue weighted by Crippen LogP contribution is -2.31. The third-order valence-electron chi connectivity index (χ3n) is 4.18. The van der Waals surface area contributed by atoms with Crippen molar-refractivity contribution in [1.82, 2.24) is 19.9 Å². The van der Waals surface area contributed by atoms with Crippen molar-refractivity contribution < 1.29 is 0 Å². The summed E-state index contributed by atoms with van der Waals surface area (Å²) >= 11 is 5.83. The molecule has 1 saturated carbocycles. The van der Waals surface area contributed by atoms with Crippen molar-refractivity contribution in [3.8, 4) is 0 Å². The number of rotatable bonds is 3. The molecular weight excluding hydrogens is 284 g/mol. The summed E-state index contributed by atoms with van der Waals surface area (Å²) in [4.78, 5) is 15.9. The zero-order chi connectivity index (χ0) is 14.2. The molecule has 4 nitrogen and oxygen atoms in total. The molecule has 0 spiro atoms. The Labute approximate surface area is 129 Å². The summed E-state index contributed by atoms with van der Waals surface area (Å²) in [7, 11) is 0. The molecule has 4 rings (SSSR count). The summed E-state index contributed by atoms with van der Waals surface area (Å²) in [5.74, 6) is 1.66. The molecule has 0 atom stereocenters. The van der Waals surface area contributed by atoms with Crippen molar-refractivity contribution >= 4 is 11.6 Å². The Balaban J connectivity index is 1.49. The van der Waals surface area contributed by atoms with Gasteiger partial charge in [-0.25, -0.2) is 15.0 Å². The van der Waals surface area contributed by atoms with Gasteiger partial charge in [-0.1, -0.05) is 17.7 Å². The number of fused-ring (bicyclic) bond motifs is 1. The van der Waals surface area contributed by atoms with Gasteiger partial charge >= 0.3 is 0 Å². The molecule has 2 aromatic heterocycles. The van der Waals surface area contributed by atoms with E-state index in [1.165, 1.54) is 29.7 Å². The van der Waals surface area contributed by atoms with E-state index in [2.05, 4.69) is 14.9 Å².